The lowest BCUT2D eigenvalue weighted by molar-refractivity contribution is 0.303. The summed E-state index contributed by atoms with van der Waals surface area (Å²) in [7, 11) is 0. The molecule has 0 atom stereocenters. The van der Waals surface area contributed by atoms with Gasteiger partial charge in [-0.2, -0.15) is 0 Å². The van der Waals surface area contributed by atoms with Crippen LogP contribution in [-0.4, -0.2) is 14.9 Å². The standard InChI is InChI=1S/C16H13BrClFN4O/c17-13-2-4-16(12(5-13)7-22-23-9-20-21-10-23)24-8-11-1-3-14(19)6-15(11)18/h1-6,9-10,22H,7-8H2. The minimum absolute atomic E-state index is 0.250. The molecule has 3 rings (SSSR count). The Morgan fingerprint density at radius 2 is 1.92 bits per heavy atom. The largest absolute Gasteiger partial charge is 0.488 e. The molecule has 0 unspecified atom stereocenters. The van der Waals surface area contributed by atoms with E-state index in [1.165, 1.54) is 12.1 Å². The molecule has 0 spiro atoms. The van der Waals surface area contributed by atoms with Crippen molar-refractivity contribution < 1.29 is 9.13 Å². The summed E-state index contributed by atoms with van der Waals surface area (Å²) in [5, 5.41) is 7.81. The number of nitrogens with one attached hydrogen (secondary N) is 1. The van der Waals surface area contributed by atoms with Crippen molar-refractivity contribution in [2.75, 3.05) is 5.43 Å². The number of rotatable bonds is 6. The molecule has 0 bridgehead atoms. The minimum Gasteiger partial charge on any atom is -0.488 e. The Morgan fingerprint density at radius 1 is 1.12 bits per heavy atom. The fourth-order valence-corrected chi connectivity index (χ4v) is 2.71. The van der Waals surface area contributed by atoms with Crippen molar-refractivity contribution in [1.82, 2.24) is 14.9 Å². The van der Waals surface area contributed by atoms with Crippen LogP contribution < -0.4 is 10.2 Å². The van der Waals surface area contributed by atoms with Crippen molar-refractivity contribution in [3.8, 4) is 5.75 Å². The summed E-state index contributed by atoms with van der Waals surface area (Å²) in [6.07, 6.45) is 3.13. The Labute approximate surface area is 151 Å². The lowest BCUT2D eigenvalue weighted by Gasteiger charge is -2.14. The first-order chi connectivity index (χ1) is 11.6. The Bertz CT molecular complexity index is 829. The van der Waals surface area contributed by atoms with Crippen LogP contribution in [-0.2, 0) is 13.2 Å². The van der Waals surface area contributed by atoms with E-state index in [1.54, 1.807) is 23.4 Å². The van der Waals surface area contributed by atoms with E-state index < -0.39 is 0 Å². The summed E-state index contributed by atoms with van der Waals surface area (Å²) >= 11 is 9.49. The minimum atomic E-state index is -0.369. The highest BCUT2D eigenvalue weighted by Crippen LogP contribution is 2.26. The Kier molecular flexibility index (Phi) is 5.32. The van der Waals surface area contributed by atoms with Crippen LogP contribution in [0.1, 0.15) is 11.1 Å². The molecule has 0 radical (unpaired) electrons. The van der Waals surface area contributed by atoms with Gasteiger partial charge in [0.15, 0.2) is 0 Å². The van der Waals surface area contributed by atoms with Gasteiger partial charge in [0.2, 0.25) is 0 Å². The molecule has 0 saturated heterocycles. The van der Waals surface area contributed by atoms with E-state index in [1.807, 2.05) is 18.2 Å². The van der Waals surface area contributed by atoms with Crippen molar-refractivity contribution in [3.05, 3.63) is 75.5 Å². The highest BCUT2D eigenvalue weighted by Gasteiger charge is 2.08. The van der Waals surface area contributed by atoms with Crippen molar-refractivity contribution in [1.29, 1.82) is 0 Å². The SMILES string of the molecule is Fc1ccc(COc2ccc(Br)cc2CNn2cnnc2)c(Cl)c1. The number of hydrogen-bond donors (Lipinski definition) is 1. The van der Waals surface area contributed by atoms with Crippen molar-refractivity contribution >= 4 is 27.5 Å². The summed E-state index contributed by atoms with van der Waals surface area (Å²) in [6, 6.07) is 9.97. The molecule has 0 saturated carbocycles. The van der Waals surface area contributed by atoms with Gasteiger partial charge in [-0.25, -0.2) is 9.07 Å². The van der Waals surface area contributed by atoms with Gasteiger partial charge >= 0.3 is 0 Å². The summed E-state index contributed by atoms with van der Waals surface area (Å²) in [5.41, 5.74) is 4.80. The quantitative estimate of drug-likeness (QED) is 0.662. The molecule has 0 aliphatic heterocycles. The molecule has 0 aliphatic carbocycles. The highest BCUT2D eigenvalue weighted by atomic mass is 79.9. The van der Waals surface area contributed by atoms with Gasteiger partial charge in [0.25, 0.3) is 0 Å². The van der Waals surface area contributed by atoms with E-state index in [0.717, 1.165) is 15.6 Å². The summed E-state index contributed by atoms with van der Waals surface area (Å²) in [4.78, 5) is 0. The molecule has 2 aromatic carbocycles. The average Bonchev–Trinajstić information content (AvgIpc) is 3.07. The van der Waals surface area contributed by atoms with Crippen LogP contribution >= 0.6 is 27.5 Å². The van der Waals surface area contributed by atoms with Gasteiger partial charge in [-0.3, -0.25) is 0 Å². The smallest absolute Gasteiger partial charge is 0.138 e. The van der Waals surface area contributed by atoms with Gasteiger partial charge in [0.1, 0.15) is 30.8 Å². The van der Waals surface area contributed by atoms with E-state index in [4.69, 9.17) is 16.3 Å². The van der Waals surface area contributed by atoms with Crippen LogP contribution in [0, 0.1) is 5.82 Å². The third-order valence-corrected chi connectivity index (χ3v) is 4.14. The second-order valence-corrected chi connectivity index (χ2v) is 6.30. The molecular weight excluding hydrogens is 399 g/mol. The third-order valence-electron chi connectivity index (χ3n) is 3.29. The zero-order valence-electron chi connectivity index (χ0n) is 12.4. The number of nitrogens with zero attached hydrogens (tertiary/aromatic N) is 3. The molecule has 5 nitrogen and oxygen atoms in total. The van der Waals surface area contributed by atoms with Gasteiger partial charge in [-0.1, -0.05) is 33.6 Å². The molecular formula is C16H13BrClFN4O. The Balaban J connectivity index is 1.72. The molecule has 0 amide bonds. The topological polar surface area (TPSA) is 52.0 Å². The third kappa shape index (κ3) is 4.24. The van der Waals surface area contributed by atoms with Gasteiger partial charge in [0, 0.05) is 15.6 Å². The van der Waals surface area contributed by atoms with Crippen LogP contribution in [0.2, 0.25) is 5.02 Å². The molecule has 1 heterocycles. The van der Waals surface area contributed by atoms with E-state index >= 15 is 0 Å². The molecule has 0 aliphatic rings. The zero-order chi connectivity index (χ0) is 16.9. The van der Waals surface area contributed by atoms with E-state index in [-0.39, 0.29) is 12.4 Å². The maximum atomic E-state index is 13.1. The van der Waals surface area contributed by atoms with E-state index in [9.17, 15) is 4.39 Å². The first kappa shape index (κ1) is 16.7. The molecule has 1 N–H and O–H groups in total. The molecule has 1 aromatic heterocycles. The second kappa shape index (κ2) is 7.63. The highest BCUT2D eigenvalue weighted by molar-refractivity contribution is 9.10. The number of ether oxygens (including phenoxy) is 1. The summed E-state index contributed by atoms with van der Waals surface area (Å²) in [5.74, 6) is 0.338. The Hall–Kier alpha value is -2.12. The lowest BCUT2D eigenvalue weighted by atomic mass is 10.2. The lowest BCUT2D eigenvalue weighted by Crippen LogP contribution is -2.13. The number of benzene rings is 2. The van der Waals surface area contributed by atoms with Gasteiger partial charge in [0.05, 0.1) is 11.6 Å². The predicted molar refractivity (Wildman–Crippen MR) is 93.0 cm³/mol. The number of halogens is 3. The van der Waals surface area contributed by atoms with Crippen LogP contribution in [0.3, 0.4) is 0 Å². The molecule has 8 heteroatoms. The van der Waals surface area contributed by atoms with Gasteiger partial charge < -0.3 is 10.2 Å². The Morgan fingerprint density at radius 3 is 2.67 bits per heavy atom. The van der Waals surface area contributed by atoms with Crippen LogP contribution in [0.5, 0.6) is 5.75 Å². The van der Waals surface area contributed by atoms with Crippen molar-refractivity contribution in [2.24, 2.45) is 0 Å². The van der Waals surface area contributed by atoms with Crippen LogP contribution in [0.25, 0.3) is 0 Å². The average molecular weight is 412 g/mol. The fourth-order valence-electron chi connectivity index (χ4n) is 2.08. The van der Waals surface area contributed by atoms with Crippen LogP contribution in [0.15, 0.2) is 53.5 Å². The van der Waals surface area contributed by atoms with Gasteiger partial charge in [-0.15, -0.1) is 10.2 Å². The number of aromatic nitrogens is 3. The van der Waals surface area contributed by atoms with E-state index in [2.05, 4.69) is 31.6 Å². The fraction of sp³-hybridized carbons (Fsp3) is 0.125. The summed E-state index contributed by atoms with van der Waals surface area (Å²) in [6.45, 7) is 0.768. The molecule has 0 fully saturated rings. The normalized spacial score (nSPS) is 10.6. The monoisotopic (exact) mass is 410 g/mol. The first-order valence-electron chi connectivity index (χ1n) is 7.05. The maximum absolute atomic E-state index is 13.1. The zero-order valence-corrected chi connectivity index (χ0v) is 14.8. The maximum Gasteiger partial charge on any atom is 0.138 e. The molecule has 24 heavy (non-hydrogen) atoms. The second-order valence-electron chi connectivity index (χ2n) is 4.98. The number of hydrogen-bond acceptors (Lipinski definition) is 4. The molecule has 124 valence electrons. The first-order valence-corrected chi connectivity index (χ1v) is 8.22. The van der Waals surface area contributed by atoms with Gasteiger partial charge in [-0.05, 0) is 30.3 Å². The van der Waals surface area contributed by atoms with Crippen molar-refractivity contribution in [3.63, 3.8) is 0 Å². The molecule has 3 aromatic rings. The summed E-state index contributed by atoms with van der Waals surface area (Å²) < 4.78 is 21.6. The van der Waals surface area contributed by atoms with E-state index in [0.29, 0.717) is 17.3 Å². The predicted octanol–water partition coefficient (Wildman–Crippen LogP) is 4.16. The van der Waals surface area contributed by atoms with Crippen LogP contribution in [0.4, 0.5) is 4.39 Å². The van der Waals surface area contributed by atoms with Crippen molar-refractivity contribution in [2.45, 2.75) is 13.2 Å².